The van der Waals surface area contributed by atoms with Gasteiger partial charge in [0, 0.05) is 41.5 Å². The van der Waals surface area contributed by atoms with Gasteiger partial charge in [-0.05, 0) is 108 Å². The molecule has 0 unspecified atom stereocenters. The van der Waals surface area contributed by atoms with Gasteiger partial charge in [0.15, 0.2) is 0 Å². The molecule has 2 nitrogen and oxygen atoms in total. The molecule has 4 aromatic carbocycles. The van der Waals surface area contributed by atoms with Crippen LogP contribution in [0.5, 0.6) is 0 Å². The van der Waals surface area contributed by atoms with Crippen molar-refractivity contribution in [2.24, 2.45) is 0 Å². The highest BCUT2D eigenvalue weighted by Crippen LogP contribution is 2.49. The molecule has 0 bridgehead atoms. The number of nitrogens with one attached hydrogen (secondary N) is 2. The Balaban J connectivity index is 1.51. The molecule has 0 fully saturated rings. The van der Waals surface area contributed by atoms with Crippen LogP contribution in [0.2, 0.25) is 0 Å². The Morgan fingerprint density at radius 2 is 1.00 bits per heavy atom. The number of aromatic amines is 2. The summed E-state index contributed by atoms with van der Waals surface area (Å²) in [6, 6.07) is 18.1. The van der Waals surface area contributed by atoms with Gasteiger partial charge in [0.2, 0.25) is 0 Å². The van der Waals surface area contributed by atoms with E-state index in [9.17, 15) is 0 Å². The van der Waals surface area contributed by atoms with E-state index in [0.717, 1.165) is 34.6 Å². The summed E-state index contributed by atoms with van der Waals surface area (Å²) in [6.07, 6.45) is 4.39. The molecule has 4 heteroatoms. The molecule has 6 aromatic rings. The number of H-pyrrole nitrogens is 2. The molecule has 2 aromatic heterocycles. The summed E-state index contributed by atoms with van der Waals surface area (Å²) in [4.78, 5) is 7.53. The van der Waals surface area contributed by atoms with Crippen molar-refractivity contribution < 1.29 is 0 Å². The Labute approximate surface area is 201 Å². The molecule has 154 valence electrons. The highest BCUT2D eigenvalue weighted by atomic mass is 79.9. The van der Waals surface area contributed by atoms with Gasteiger partial charge in [-0.3, -0.25) is 0 Å². The monoisotopic (exact) mass is 540 g/mol. The van der Waals surface area contributed by atoms with E-state index in [1.807, 2.05) is 0 Å². The number of aromatic nitrogens is 2. The number of hydrogen-bond acceptors (Lipinski definition) is 0. The molecule has 0 spiro atoms. The first kappa shape index (κ1) is 17.9. The number of aryl methyl sites for hydroxylation is 4. The molecule has 0 saturated carbocycles. The highest BCUT2D eigenvalue weighted by molar-refractivity contribution is 9.10. The normalized spacial score (nSPS) is 14.7. The lowest BCUT2D eigenvalue weighted by atomic mass is 9.74. The van der Waals surface area contributed by atoms with E-state index in [-0.39, 0.29) is 0 Å². The minimum Gasteiger partial charge on any atom is -0.354 e. The standard InChI is InChI=1S/C28H18Br2N2/c29-15-3-7-23-19(11-15)21-9-13-1-5-17-26-14(2-6-18(25(13)26)28(21)32-23)10-22-20-12-16(30)4-8-24(20)31-27(17)22/h3-4,7-12,31-32H,1-2,5-6H2. The molecule has 0 saturated heterocycles. The summed E-state index contributed by atoms with van der Waals surface area (Å²) in [7, 11) is 0. The second-order valence-electron chi connectivity index (χ2n) is 9.25. The topological polar surface area (TPSA) is 31.6 Å². The largest absolute Gasteiger partial charge is 0.354 e. The molecule has 8 rings (SSSR count). The zero-order valence-electron chi connectivity index (χ0n) is 17.2. The van der Waals surface area contributed by atoms with Crippen LogP contribution >= 0.6 is 31.9 Å². The van der Waals surface area contributed by atoms with Crippen molar-refractivity contribution >= 4 is 75.5 Å². The first-order valence-corrected chi connectivity index (χ1v) is 12.8. The number of hydrogen-bond donors (Lipinski definition) is 2. The molecular weight excluding hydrogens is 524 g/mol. The van der Waals surface area contributed by atoms with E-state index in [1.165, 1.54) is 77.0 Å². The molecule has 32 heavy (non-hydrogen) atoms. The lowest BCUT2D eigenvalue weighted by molar-refractivity contribution is 0.888. The van der Waals surface area contributed by atoms with Crippen LogP contribution in [0.4, 0.5) is 0 Å². The van der Waals surface area contributed by atoms with Crippen LogP contribution in [-0.4, -0.2) is 9.97 Å². The van der Waals surface area contributed by atoms with Gasteiger partial charge in [-0.15, -0.1) is 0 Å². The quantitative estimate of drug-likeness (QED) is 0.194. The van der Waals surface area contributed by atoms with Crippen molar-refractivity contribution in [3.05, 3.63) is 79.7 Å². The third kappa shape index (κ3) is 2.20. The Morgan fingerprint density at radius 1 is 0.531 bits per heavy atom. The summed E-state index contributed by atoms with van der Waals surface area (Å²) in [6.45, 7) is 0. The molecular formula is C28H18Br2N2. The molecule has 0 amide bonds. The first-order valence-electron chi connectivity index (χ1n) is 11.2. The van der Waals surface area contributed by atoms with Crippen molar-refractivity contribution in [2.45, 2.75) is 25.7 Å². The second kappa shape index (κ2) is 6.06. The second-order valence-corrected chi connectivity index (χ2v) is 11.1. The Bertz CT molecular complexity index is 1670. The third-order valence-electron chi connectivity index (χ3n) is 7.63. The van der Waals surface area contributed by atoms with Crippen LogP contribution < -0.4 is 0 Å². The smallest absolute Gasteiger partial charge is 0.0503 e. The van der Waals surface area contributed by atoms with Crippen LogP contribution in [0.1, 0.15) is 22.3 Å². The van der Waals surface area contributed by atoms with Gasteiger partial charge in [-0.2, -0.15) is 0 Å². The highest BCUT2D eigenvalue weighted by Gasteiger charge is 2.30. The van der Waals surface area contributed by atoms with Crippen LogP contribution in [-0.2, 0) is 25.7 Å². The Kier molecular flexibility index (Phi) is 3.40. The maximum Gasteiger partial charge on any atom is 0.0503 e. The average molecular weight is 542 g/mol. The van der Waals surface area contributed by atoms with Crippen LogP contribution in [0, 0.1) is 0 Å². The van der Waals surface area contributed by atoms with Crippen LogP contribution in [0.15, 0.2) is 57.5 Å². The minimum atomic E-state index is 1.09. The van der Waals surface area contributed by atoms with E-state index in [1.54, 1.807) is 0 Å². The summed E-state index contributed by atoms with van der Waals surface area (Å²) < 4.78 is 2.27. The number of fused-ring (bicyclic) bond motifs is 8. The fourth-order valence-corrected chi connectivity index (χ4v) is 7.03. The van der Waals surface area contributed by atoms with E-state index >= 15 is 0 Å². The SMILES string of the molecule is Brc1ccc2[nH]c3c4c5c(cc3c2c1)CCc1c-5c(cc2c1[nH]c1ccc(Br)cc12)CC4. The summed E-state index contributed by atoms with van der Waals surface area (Å²) in [5.41, 5.74) is 14.2. The molecule has 2 aliphatic rings. The van der Waals surface area contributed by atoms with E-state index in [4.69, 9.17) is 0 Å². The van der Waals surface area contributed by atoms with Crippen LogP contribution in [0.25, 0.3) is 54.7 Å². The summed E-state index contributed by atoms with van der Waals surface area (Å²) in [5.74, 6) is 0. The van der Waals surface area contributed by atoms with Crippen molar-refractivity contribution in [3.63, 3.8) is 0 Å². The predicted molar refractivity (Wildman–Crippen MR) is 141 cm³/mol. The van der Waals surface area contributed by atoms with Crippen molar-refractivity contribution in [1.82, 2.24) is 9.97 Å². The van der Waals surface area contributed by atoms with Crippen molar-refractivity contribution in [3.8, 4) is 11.1 Å². The van der Waals surface area contributed by atoms with Crippen molar-refractivity contribution in [1.29, 1.82) is 0 Å². The maximum absolute atomic E-state index is 3.77. The van der Waals surface area contributed by atoms with Gasteiger partial charge < -0.3 is 9.97 Å². The average Bonchev–Trinajstić information content (AvgIpc) is 3.34. The third-order valence-corrected chi connectivity index (χ3v) is 8.61. The van der Waals surface area contributed by atoms with E-state index < -0.39 is 0 Å². The minimum absolute atomic E-state index is 1.09. The van der Waals surface area contributed by atoms with Gasteiger partial charge >= 0.3 is 0 Å². The maximum atomic E-state index is 3.77. The summed E-state index contributed by atoms with van der Waals surface area (Å²) in [5, 5.41) is 5.39. The van der Waals surface area contributed by atoms with E-state index in [0.29, 0.717) is 0 Å². The molecule has 0 aliphatic heterocycles. The number of benzene rings is 4. The van der Waals surface area contributed by atoms with Gasteiger partial charge in [-0.25, -0.2) is 0 Å². The van der Waals surface area contributed by atoms with E-state index in [2.05, 4.69) is 90.4 Å². The zero-order chi connectivity index (χ0) is 21.1. The number of rotatable bonds is 0. The summed E-state index contributed by atoms with van der Waals surface area (Å²) >= 11 is 7.33. The van der Waals surface area contributed by atoms with Gasteiger partial charge in [0.25, 0.3) is 0 Å². The van der Waals surface area contributed by atoms with Crippen LogP contribution in [0.3, 0.4) is 0 Å². The lowest BCUT2D eigenvalue weighted by Gasteiger charge is -2.30. The molecule has 2 N–H and O–H groups in total. The molecule has 2 heterocycles. The first-order chi connectivity index (χ1) is 15.7. The zero-order valence-corrected chi connectivity index (χ0v) is 20.4. The molecule has 2 aliphatic carbocycles. The Morgan fingerprint density at radius 3 is 1.47 bits per heavy atom. The van der Waals surface area contributed by atoms with Gasteiger partial charge in [0.05, 0.1) is 11.0 Å². The predicted octanol–water partition coefficient (Wildman–Crippen LogP) is 8.34. The van der Waals surface area contributed by atoms with Gasteiger partial charge in [-0.1, -0.05) is 31.9 Å². The number of halogens is 2. The fraction of sp³-hybridized carbons (Fsp3) is 0.143. The Hall–Kier alpha value is -2.56. The van der Waals surface area contributed by atoms with Gasteiger partial charge in [0.1, 0.15) is 0 Å². The molecule has 0 radical (unpaired) electrons. The lowest BCUT2D eigenvalue weighted by Crippen LogP contribution is -2.15. The fourth-order valence-electron chi connectivity index (χ4n) is 6.31. The van der Waals surface area contributed by atoms with Crippen molar-refractivity contribution in [2.75, 3.05) is 0 Å². The molecule has 0 atom stereocenters.